The van der Waals surface area contributed by atoms with Gasteiger partial charge in [0.15, 0.2) is 11.6 Å². The Morgan fingerprint density at radius 1 is 1.04 bits per heavy atom. The molecule has 0 spiro atoms. The molecule has 2 aromatic carbocycles. The summed E-state index contributed by atoms with van der Waals surface area (Å²) in [7, 11) is 0. The third-order valence-electron chi connectivity index (χ3n) is 3.53. The Hall–Kier alpha value is -3.36. The Labute approximate surface area is 140 Å². The molecule has 1 heterocycles. The molecule has 1 aromatic heterocycles. The van der Waals surface area contributed by atoms with Crippen molar-refractivity contribution in [2.24, 2.45) is 0 Å². The number of benzene rings is 2. The predicted molar refractivity (Wildman–Crippen MR) is 85.8 cm³/mol. The van der Waals surface area contributed by atoms with E-state index in [-0.39, 0.29) is 6.54 Å². The van der Waals surface area contributed by atoms with Gasteiger partial charge in [0.25, 0.3) is 0 Å². The number of para-hydroxylation sites is 2. The highest BCUT2D eigenvalue weighted by molar-refractivity contribution is 5.92. The van der Waals surface area contributed by atoms with E-state index in [9.17, 15) is 18.4 Å². The number of carbonyl (C=O) groups is 1. The summed E-state index contributed by atoms with van der Waals surface area (Å²) in [5.41, 5.74) is -1.20. The average Bonchev–Trinajstić information content (AvgIpc) is 2.98. The molecule has 9 heteroatoms. The molecule has 0 radical (unpaired) electrons. The number of rotatable bonds is 3. The van der Waals surface area contributed by atoms with E-state index in [0.29, 0.717) is 15.1 Å². The fraction of sp³-hybridized carbons (Fsp3) is 0.125. The third-order valence-corrected chi connectivity index (χ3v) is 3.53. The van der Waals surface area contributed by atoms with Crippen molar-refractivity contribution in [2.45, 2.75) is 6.92 Å². The van der Waals surface area contributed by atoms with E-state index in [2.05, 4.69) is 10.4 Å². The number of hydrogen-bond acceptors (Lipinski definition) is 4. The first kappa shape index (κ1) is 16.5. The van der Waals surface area contributed by atoms with Crippen LogP contribution >= 0.6 is 0 Å². The van der Waals surface area contributed by atoms with Crippen molar-refractivity contribution < 1.29 is 13.6 Å². The molecule has 0 unspecified atom stereocenters. The minimum absolute atomic E-state index is 0.260. The van der Waals surface area contributed by atoms with Crippen molar-refractivity contribution in [1.29, 1.82) is 0 Å². The van der Waals surface area contributed by atoms with Crippen LogP contribution in [0.15, 0.2) is 53.3 Å². The monoisotopic (exact) mass is 345 g/mol. The van der Waals surface area contributed by atoms with Crippen LogP contribution in [0.3, 0.4) is 0 Å². The topological polar surface area (TPSA) is 73.0 Å². The van der Waals surface area contributed by atoms with Crippen molar-refractivity contribution >= 4 is 11.7 Å². The van der Waals surface area contributed by atoms with Gasteiger partial charge < -0.3 is 0 Å². The minimum atomic E-state index is -1.07. The second-order valence-electron chi connectivity index (χ2n) is 5.02. The molecule has 0 atom stereocenters. The van der Waals surface area contributed by atoms with Crippen molar-refractivity contribution in [3.63, 3.8) is 0 Å². The summed E-state index contributed by atoms with van der Waals surface area (Å²) < 4.78 is 28.6. The molecule has 0 aliphatic rings. The third kappa shape index (κ3) is 2.91. The predicted octanol–water partition coefficient (Wildman–Crippen LogP) is 2.20. The molecule has 25 heavy (non-hydrogen) atoms. The van der Waals surface area contributed by atoms with Gasteiger partial charge in [-0.1, -0.05) is 24.3 Å². The number of anilines is 1. The van der Waals surface area contributed by atoms with Crippen LogP contribution in [0, 0.1) is 11.6 Å². The van der Waals surface area contributed by atoms with Gasteiger partial charge in [-0.15, -0.1) is 4.68 Å². The van der Waals surface area contributed by atoms with Gasteiger partial charge in [-0.05, 0) is 41.6 Å². The summed E-state index contributed by atoms with van der Waals surface area (Å²) in [5.74, 6) is -1.98. The smallest absolute Gasteiger partial charge is 0.293 e. The molecule has 0 saturated heterocycles. The van der Waals surface area contributed by atoms with E-state index in [4.69, 9.17) is 0 Å². The lowest BCUT2D eigenvalue weighted by atomic mass is 10.3. The molecular weight excluding hydrogens is 332 g/mol. The second-order valence-corrected chi connectivity index (χ2v) is 5.02. The zero-order valence-electron chi connectivity index (χ0n) is 13.1. The SMILES string of the molecule is CCN(C(=O)n1nnn(-c2c(F)cccc2F)c1=O)c1ccccc1. The van der Waals surface area contributed by atoms with Gasteiger partial charge in [0.1, 0.15) is 5.69 Å². The van der Waals surface area contributed by atoms with Crippen molar-refractivity contribution in [3.8, 4) is 5.69 Å². The number of amides is 1. The van der Waals surface area contributed by atoms with Crippen LogP contribution in [0.2, 0.25) is 0 Å². The largest absolute Gasteiger partial charge is 0.377 e. The van der Waals surface area contributed by atoms with Crippen LogP contribution in [-0.2, 0) is 0 Å². The summed E-state index contributed by atoms with van der Waals surface area (Å²) in [6.07, 6.45) is 0. The van der Waals surface area contributed by atoms with E-state index < -0.39 is 29.0 Å². The van der Waals surface area contributed by atoms with Crippen molar-refractivity contribution in [1.82, 2.24) is 19.8 Å². The highest BCUT2D eigenvalue weighted by Crippen LogP contribution is 2.15. The van der Waals surface area contributed by atoms with Crippen molar-refractivity contribution in [3.05, 3.63) is 70.6 Å². The molecule has 3 aromatic rings. The number of nitrogens with zero attached hydrogens (tertiary/aromatic N) is 5. The minimum Gasteiger partial charge on any atom is -0.293 e. The van der Waals surface area contributed by atoms with Crippen LogP contribution in [0.1, 0.15) is 6.92 Å². The molecule has 1 amide bonds. The molecule has 0 N–H and O–H groups in total. The van der Waals surface area contributed by atoms with Crippen LogP contribution in [-0.4, -0.2) is 32.4 Å². The number of aromatic nitrogens is 4. The zero-order valence-corrected chi connectivity index (χ0v) is 13.1. The molecule has 0 fully saturated rings. The van der Waals surface area contributed by atoms with Crippen LogP contribution in [0.4, 0.5) is 19.3 Å². The summed E-state index contributed by atoms with van der Waals surface area (Å²) >= 11 is 0. The molecular formula is C16H13F2N5O2. The Bertz CT molecular complexity index is 948. The lowest BCUT2D eigenvalue weighted by Crippen LogP contribution is -2.41. The first-order valence-electron chi connectivity index (χ1n) is 7.41. The Balaban J connectivity index is 2.04. The second kappa shape index (κ2) is 6.63. The van der Waals surface area contributed by atoms with Gasteiger partial charge in [-0.25, -0.2) is 18.4 Å². The Morgan fingerprint density at radius 3 is 2.28 bits per heavy atom. The van der Waals surface area contributed by atoms with Gasteiger partial charge >= 0.3 is 11.7 Å². The summed E-state index contributed by atoms with van der Waals surface area (Å²) in [6, 6.07) is 11.0. The maximum absolute atomic E-state index is 13.8. The number of tetrazole rings is 1. The molecule has 0 bridgehead atoms. The van der Waals surface area contributed by atoms with Gasteiger partial charge in [-0.3, -0.25) is 4.90 Å². The average molecular weight is 345 g/mol. The van der Waals surface area contributed by atoms with E-state index in [1.807, 2.05) is 0 Å². The fourth-order valence-electron chi connectivity index (χ4n) is 2.35. The lowest BCUT2D eigenvalue weighted by Gasteiger charge is -2.19. The molecule has 128 valence electrons. The van der Waals surface area contributed by atoms with Gasteiger partial charge in [0, 0.05) is 12.2 Å². The summed E-state index contributed by atoms with van der Waals surface area (Å²) in [4.78, 5) is 26.3. The summed E-state index contributed by atoms with van der Waals surface area (Å²) in [6.45, 7) is 1.98. The van der Waals surface area contributed by atoms with E-state index in [1.165, 1.54) is 4.90 Å². The zero-order chi connectivity index (χ0) is 18.0. The number of carbonyl (C=O) groups excluding carboxylic acids is 1. The number of hydrogen-bond donors (Lipinski definition) is 0. The normalized spacial score (nSPS) is 10.7. The van der Waals surface area contributed by atoms with Crippen LogP contribution in [0.25, 0.3) is 5.69 Å². The molecule has 0 aliphatic carbocycles. The van der Waals surface area contributed by atoms with Gasteiger partial charge in [0.05, 0.1) is 0 Å². The first-order chi connectivity index (χ1) is 12.0. The fourth-order valence-corrected chi connectivity index (χ4v) is 2.35. The molecule has 0 aliphatic heterocycles. The van der Waals surface area contributed by atoms with E-state index in [0.717, 1.165) is 18.2 Å². The van der Waals surface area contributed by atoms with Crippen LogP contribution < -0.4 is 10.6 Å². The van der Waals surface area contributed by atoms with Gasteiger partial charge in [-0.2, -0.15) is 4.68 Å². The standard InChI is InChI=1S/C16H13F2N5O2/c1-2-21(11-7-4-3-5-8-11)15(24)23-16(25)22(19-20-23)14-12(17)9-6-10-13(14)18/h3-10H,2H2,1H3. The molecule has 0 saturated carbocycles. The molecule has 3 rings (SSSR count). The van der Waals surface area contributed by atoms with E-state index in [1.54, 1.807) is 37.3 Å². The quantitative estimate of drug-likeness (QED) is 0.682. The first-order valence-corrected chi connectivity index (χ1v) is 7.41. The Kier molecular flexibility index (Phi) is 4.38. The highest BCUT2D eigenvalue weighted by atomic mass is 19.1. The van der Waals surface area contributed by atoms with Crippen LogP contribution in [0.5, 0.6) is 0 Å². The number of halogens is 2. The summed E-state index contributed by atoms with van der Waals surface area (Å²) in [5, 5.41) is 6.89. The maximum Gasteiger partial charge on any atom is 0.377 e. The highest BCUT2D eigenvalue weighted by Gasteiger charge is 2.24. The van der Waals surface area contributed by atoms with Crippen molar-refractivity contribution in [2.75, 3.05) is 11.4 Å². The molecule has 7 nitrogen and oxygen atoms in total. The van der Waals surface area contributed by atoms with E-state index >= 15 is 0 Å². The lowest BCUT2D eigenvalue weighted by molar-refractivity contribution is 0.244. The van der Waals surface area contributed by atoms with Gasteiger partial charge in [0.2, 0.25) is 0 Å². The maximum atomic E-state index is 13.8. The Morgan fingerprint density at radius 2 is 1.68 bits per heavy atom.